The minimum absolute atomic E-state index is 0.413. The van der Waals surface area contributed by atoms with Gasteiger partial charge in [-0.1, -0.05) is 6.07 Å². The van der Waals surface area contributed by atoms with Crippen LogP contribution in [0.5, 0.6) is 0 Å². The van der Waals surface area contributed by atoms with Gasteiger partial charge >= 0.3 is 12.0 Å². The monoisotopic (exact) mass is 228 g/mol. The Hall–Kier alpha value is -1.56. The summed E-state index contributed by atoms with van der Waals surface area (Å²) >= 11 is 1.53. The SMILES string of the molecule is C[C@@H](NC(=O)NCc1cccs1)C(=O)O. The van der Waals surface area contributed by atoms with E-state index in [2.05, 4.69) is 10.6 Å². The molecule has 0 aromatic carbocycles. The zero-order valence-corrected chi connectivity index (χ0v) is 9.00. The molecule has 0 fully saturated rings. The van der Waals surface area contributed by atoms with Crippen LogP contribution >= 0.6 is 11.3 Å². The van der Waals surface area contributed by atoms with Crippen molar-refractivity contribution in [2.75, 3.05) is 0 Å². The molecule has 0 aliphatic carbocycles. The number of thiophene rings is 1. The Morgan fingerprint density at radius 2 is 2.33 bits per heavy atom. The first-order chi connectivity index (χ1) is 7.09. The van der Waals surface area contributed by atoms with Crippen LogP contribution in [0.3, 0.4) is 0 Å². The lowest BCUT2D eigenvalue weighted by Gasteiger charge is -2.09. The van der Waals surface area contributed by atoms with Gasteiger partial charge in [0.15, 0.2) is 0 Å². The second-order valence-electron chi connectivity index (χ2n) is 2.97. The molecule has 0 saturated heterocycles. The van der Waals surface area contributed by atoms with Crippen molar-refractivity contribution in [2.45, 2.75) is 19.5 Å². The molecule has 82 valence electrons. The fourth-order valence-corrected chi connectivity index (χ4v) is 1.53. The molecule has 0 unspecified atom stereocenters. The van der Waals surface area contributed by atoms with Gasteiger partial charge in [0.2, 0.25) is 0 Å². The average Bonchev–Trinajstić information content (AvgIpc) is 2.66. The van der Waals surface area contributed by atoms with E-state index in [1.807, 2.05) is 17.5 Å². The molecule has 3 N–H and O–H groups in total. The van der Waals surface area contributed by atoms with Gasteiger partial charge in [-0.25, -0.2) is 4.79 Å². The van der Waals surface area contributed by atoms with Crippen molar-refractivity contribution in [3.63, 3.8) is 0 Å². The summed E-state index contributed by atoms with van der Waals surface area (Å²) in [6.07, 6.45) is 0. The van der Waals surface area contributed by atoms with E-state index >= 15 is 0 Å². The van der Waals surface area contributed by atoms with Crippen molar-refractivity contribution >= 4 is 23.3 Å². The van der Waals surface area contributed by atoms with Gasteiger partial charge in [-0.15, -0.1) is 11.3 Å². The molecule has 0 saturated carbocycles. The summed E-state index contributed by atoms with van der Waals surface area (Å²) in [5.74, 6) is -1.05. The zero-order chi connectivity index (χ0) is 11.3. The van der Waals surface area contributed by atoms with E-state index in [0.717, 1.165) is 4.88 Å². The molecule has 0 spiro atoms. The third kappa shape index (κ3) is 3.99. The first-order valence-electron chi connectivity index (χ1n) is 4.39. The van der Waals surface area contributed by atoms with E-state index in [9.17, 15) is 9.59 Å². The first kappa shape index (κ1) is 11.5. The number of carboxylic acids is 1. The summed E-state index contributed by atoms with van der Waals surface area (Å²) in [4.78, 5) is 22.6. The molecular formula is C9H12N2O3S. The van der Waals surface area contributed by atoms with Gasteiger partial charge in [-0.05, 0) is 18.4 Å². The fourth-order valence-electron chi connectivity index (χ4n) is 0.890. The van der Waals surface area contributed by atoms with Crippen LogP contribution < -0.4 is 10.6 Å². The highest BCUT2D eigenvalue weighted by molar-refractivity contribution is 7.09. The standard InChI is InChI=1S/C9H12N2O3S/c1-6(8(12)13)11-9(14)10-5-7-3-2-4-15-7/h2-4,6H,5H2,1H3,(H,12,13)(H2,10,11,14)/t6-/m1/s1. The van der Waals surface area contributed by atoms with Gasteiger partial charge in [0.05, 0.1) is 6.54 Å². The molecule has 1 heterocycles. The van der Waals surface area contributed by atoms with Crippen LogP contribution in [-0.2, 0) is 11.3 Å². The Balaban J connectivity index is 2.28. The smallest absolute Gasteiger partial charge is 0.325 e. The first-order valence-corrected chi connectivity index (χ1v) is 5.27. The number of amides is 2. The predicted octanol–water partition coefficient (Wildman–Crippen LogP) is 1.02. The van der Waals surface area contributed by atoms with E-state index in [4.69, 9.17) is 5.11 Å². The third-order valence-electron chi connectivity index (χ3n) is 1.72. The summed E-state index contributed by atoms with van der Waals surface area (Å²) in [6, 6.07) is 2.43. The minimum atomic E-state index is -1.05. The molecule has 0 aliphatic rings. The number of urea groups is 1. The lowest BCUT2D eigenvalue weighted by molar-refractivity contribution is -0.138. The normalized spacial score (nSPS) is 11.8. The largest absolute Gasteiger partial charge is 0.480 e. The summed E-state index contributed by atoms with van der Waals surface area (Å²) in [5, 5.41) is 15.3. The van der Waals surface area contributed by atoms with Crippen LogP contribution in [0.1, 0.15) is 11.8 Å². The van der Waals surface area contributed by atoms with Crippen LogP contribution in [-0.4, -0.2) is 23.1 Å². The maximum absolute atomic E-state index is 11.2. The van der Waals surface area contributed by atoms with Crippen molar-refractivity contribution < 1.29 is 14.7 Å². The zero-order valence-electron chi connectivity index (χ0n) is 8.19. The molecular weight excluding hydrogens is 216 g/mol. The number of carboxylic acid groups (broad SMARTS) is 1. The molecule has 1 aromatic rings. The quantitative estimate of drug-likeness (QED) is 0.720. The topological polar surface area (TPSA) is 78.4 Å². The number of hydrogen-bond acceptors (Lipinski definition) is 3. The Morgan fingerprint density at radius 3 is 2.87 bits per heavy atom. The number of nitrogens with one attached hydrogen (secondary N) is 2. The Labute approximate surface area is 91.1 Å². The second-order valence-corrected chi connectivity index (χ2v) is 4.00. The average molecular weight is 228 g/mol. The minimum Gasteiger partial charge on any atom is -0.480 e. The summed E-state index contributed by atoms with van der Waals surface area (Å²) in [5.41, 5.74) is 0. The van der Waals surface area contributed by atoms with Gasteiger partial charge < -0.3 is 15.7 Å². The van der Waals surface area contributed by atoms with Crippen LogP contribution in [0.25, 0.3) is 0 Å². The molecule has 1 rings (SSSR count). The number of hydrogen-bond donors (Lipinski definition) is 3. The second kappa shape index (κ2) is 5.35. The van der Waals surface area contributed by atoms with Crippen LogP contribution in [0.15, 0.2) is 17.5 Å². The summed E-state index contributed by atoms with van der Waals surface area (Å²) in [7, 11) is 0. The van der Waals surface area contributed by atoms with Gasteiger partial charge in [0.1, 0.15) is 6.04 Å². The molecule has 15 heavy (non-hydrogen) atoms. The molecule has 5 nitrogen and oxygen atoms in total. The Kier molecular flexibility index (Phi) is 4.11. The van der Waals surface area contributed by atoms with Crippen LogP contribution in [0.4, 0.5) is 4.79 Å². The van der Waals surface area contributed by atoms with Crippen LogP contribution in [0, 0.1) is 0 Å². The number of aliphatic carboxylic acids is 1. The summed E-state index contributed by atoms with van der Waals surface area (Å²) in [6.45, 7) is 1.82. The highest BCUT2D eigenvalue weighted by Gasteiger charge is 2.13. The Morgan fingerprint density at radius 1 is 1.60 bits per heavy atom. The fraction of sp³-hybridized carbons (Fsp3) is 0.333. The van der Waals surface area contributed by atoms with Gasteiger partial charge in [0, 0.05) is 4.88 Å². The number of carbonyl (C=O) groups is 2. The maximum Gasteiger partial charge on any atom is 0.325 e. The van der Waals surface area contributed by atoms with Gasteiger partial charge in [0.25, 0.3) is 0 Å². The lowest BCUT2D eigenvalue weighted by Crippen LogP contribution is -2.43. The highest BCUT2D eigenvalue weighted by Crippen LogP contribution is 2.06. The van der Waals surface area contributed by atoms with E-state index in [-0.39, 0.29) is 0 Å². The molecule has 1 aromatic heterocycles. The maximum atomic E-state index is 11.2. The summed E-state index contributed by atoms with van der Waals surface area (Å²) < 4.78 is 0. The molecule has 6 heteroatoms. The van der Waals surface area contributed by atoms with E-state index in [0.29, 0.717) is 6.54 Å². The van der Waals surface area contributed by atoms with Crippen molar-refractivity contribution in [2.24, 2.45) is 0 Å². The molecule has 2 amide bonds. The van der Waals surface area contributed by atoms with Gasteiger partial charge in [-0.3, -0.25) is 4.79 Å². The third-order valence-corrected chi connectivity index (χ3v) is 2.60. The van der Waals surface area contributed by atoms with Crippen molar-refractivity contribution in [3.05, 3.63) is 22.4 Å². The van der Waals surface area contributed by atoms with Crippen LogP contribution in [0.2, 0.25) is 0 Å². The molecule has 1 atom stereocenters. The van der Waals surface area contributed by atoms with E-state index in [1.165, 1.54) is 18.3 Å². The van der Waals surface area contributed by atoms with Crippen molar-refractivity contribution in [3.8, 4) is 0 Å². The molecule has 0 radical (unpaired) electrons. The van der Waals surface area contributed by atoms with E-state index < -0.39 is 18.0 Å². The van der Waals surface area contributed by atoms with Crippen molar-refractivity contribution in [1.82, 2.24) is 10.6 Å². The number of carbonyl (C=O) groups excluding carboxylic acids is 1. The predicted molar refractivity (Wildman–Crippen MR) is 56.8 cm³/mol. The van der Waals surface area contributed by atoms with Gasteiger partial charge in [-0.2, -0.15) is 0 Å². The lowest BCUT2D eigenvalue weighted by atomic mass is 10.3. The molecule has 0 bridgehead atoms. The van der Waals surface area contributed by atoms with Crippen molar-refractivity contribution in [1.29, 1.82) is 0 Å². The van der Waals surface area contributed by atoms with E-state index in [1.54, 1.807) is 0 Å². The number of rotatable bonds is 4. The molecule has 0 aliphatic heterocycles. The Bertz CT molecular complexity index is 337. The highest BCUT2D eigenvalue weighted by atomic mass is 32.1.